The Kier molecular flexibility index (Phi) is 8.99. The zero-order valence-electron chi connectivity index (χ0n) is 22.5. The number of carbonyl (C=O) groups excluding carboxylic acids is 3. The maximum absolute atomic E-state index is 14.1. The summed E-state index contributed by atoms with van der Waals surface area (Å²) in [6.45, 7) is 5.83. The fourth-order valence-electron chi connectivity index (χ4n) is 4.85. The smallest absolute Gasteiger partial charge is 0.418 e. The Labute approximate surface area is 238 Å². The first kappa shape index (κ1) is 29.7. The van der Waals surface area contributed by atoms with Crippen LogP contribution in [0.25, 0.3) is 10.4 Å². The summed E-state index contributed by atoms with van der Waals surface area (Å²) >= 11 is 2.11. The monoisotopic (exact) mass is 593 g/mol. The van der Waals surface area contributed by atoms with Crippen molar-refractivity contribution in [2.24, 2.45) is 11.8 Å². The van der Waals surface area contributed by atoms with Crippen LogP contribution in [-0.4, -0.2) is 35.9 Å². The number of benzene rings is 1. The number of carbonyl (C=O) groups is 3. The fourth-order valence-corrected chi connectivity index (χ4v) is 6.44. The maximum atomic E-state index is 14.1. The van der Waals surface area contributed by atoms with Gasteiger partial charge in [-0.15, -0.1) is 22.7 Å². The molecule has 3 aromatic rings. The largest absolute Gasteiger partial charge is 0.465 e. The third kappa shape index (κ3) is 6.38. The molecular formula is C28H30F3N3O4S2. The Morgan fingerprint density at radius 2 is 1.82 bits per heavy atom. The summed E-state index contributed by atoms with van der Waals surface area (Å²) in [4.78, 5) is 44.7. The van der Waals surface area contributed by atoms with Gasteiger partial charge in [0, 0.05) is 22.2 Å². The van der Waals surface area contributed by atoms with Gasteiger partial charge in [-0.25, -0.2) is 9.78 Å². The maximum Gasteiger partial charge on any atom is 0.418 e. The normalized spacial score (nSPS) is 17.5. The fraction of sp³-hybridized carbons (Fsp3) is 0.429. The van der Waals surface area contributed by atoms with Crippen LogP contribution in [0.4, 0.5) is 24.5 Å². The summed E-state index contributed by atoms with van der Waals surface area (Å²) < 4.78 is 47.2. The number of hydrogen-bond donors (Lipinski definition) is 1. The van der Waals surface area contributed by atoms with Crippen LogP contribution in [0, 0.1) is 11.8 Å². The first-order chi connectivity index (χ1) is 18.9. The highest BCUT2D eigenvalue weighted by Crippen LogP contribution is 2.43. The third-order valence-corrected chi connectivity index (χ3v) is 8.72. The second-order valence-electron chi connectivity index (χ2n) is 10.2. The number of ether oxygens (including phenoxy) is 1. The first-order valence-electron chi connectivity index (χ1n) is 12.9. The lowest BCUT2D eigenvalue weighted by Crippen LogP contribution is -2.42. The molecule has 0 unspecified atom stereocenters. The van der Waals surface area contributed by atoms with Gasteiger partial charge in [0.2, 0.25) is 5.91 Å². The number of rotatable bonds is 7. The van der Waals surface area contributed by atoms with E-state index in [1.165, 1.54) is 30.1 Å². The van der Waals surface area contributed by atoms with Gasteiger partial charge in [-0.3, -0.25) is 9.59 Å². The Morgan fingerprint density at radius 3 is 2.40 bits per heavy atom. The lowest BCUT2D eigenvalue weighted by Gasteiger charge is -2.33. The topological polar surface area (TPSA) is 88.6 Å². The van der Waals surface area contributed by atoms with Gasteiger partial charge >= 0.3 is 12.1 Å². The molecule has 12 heteroatoms. The van der Waals surface area contributed by atoms with Gasteiger partial charge in [-0.1, -0.05) is 13.0 Å². The molecule has 2 heterocycles. The molecule has 2 aromatic heterocycles. The van der Waals surface area contributed by atoms with E-state index in [4.69, 9.17) is 4.74 Å². The van der Waals surface area contributed by atoms with E-state index < -0.39 is 29.3 Å². The minimum atomic E-state index is -4.77. The predicted molar refractivity (Wildman–Crippen MR) is 150 cm³/mol. The van der Waals surface area contributed by atoms with E-state index in [1.54, 1.807) is 11.0 Å². The number of hydrogen-bond acceptors (Lipinski definition) is 7. The first-order valence-corrected chi connectivity index (χ1v) is 14.6. The molecule has 7 nitrogen and oxygen atoms in total. The van der Waals surface area contributed by atoms with Crippen molar-refractivity contribution in [3.05, 3.63) is 51.3 Å². The average Bonchev–Trinajstić information content (AvgIpc) is 3.59. The van der Waals surface area contributed by atoms with E-state index in [2.05, 4.69) is 17.2 Å². The number of thiazole rings is 1. The minimum Gasteiger partial charge on any atom is -0.465 e. The number of nitrogens with zero attached hydrogens (tertiary/aromatic N) is 2. The van der Waals surface area contributed by atoms with Gasteiger partial charge in [-0.2, -0.15) is 13.2 Å². The van der Waals surface area contributed by atoms with Crippen LogP contribution in [0.15, 0.2) is 35.2 Å². The molecule has 0 radical (unpaired) electrons. The van der Waals surface area contributed by atoms with E-state index >= 15 is 0 Å². The highest BCUT2D eigenvalue weighted by molar-refractivity contribution is 7.18. The summed E-state index contributed by atoms with van der Waals surface area (Å²) in [5, 5.41) is 3.73. The number of amides is 2. The quantitative estimate of drug-likeness (QED) is 0.287. The van der Waals surface area contributed by atoms with E-state index in [1.807, 2.05) is 13.8 Å². The van der Waals surface area contributed by atoms with Gasteiger partial charge in [0.05, 0.1) is 29.6 Å². The van der Waals surface area contributed by atoms with Crippen LogP contribution in [0.1, 0.15) is 72.2 Å². The molecule has 40 heavy (non-hydrogen) atoms. The van der Waals surface area contributed by atoms with Gasteiger partial charge in [0.15, 0.2) is 0 Å². The molecule has 0 atom stereocenters. The van der Waals surface area contributed by atoms with E-state index in [9.17, 15) is 27.6 Å². The Bertz CT molecular complexity index is 1380. The number of methoxy groups -OCH3 is 1. The highest BCUT2D eigenvalue weighted by Gasteiger charge is 2.36. The summed E-state index contributed by atoms with van der Waals surface area (Å²) in [7, 11) is 1.22. The molecule has 0 saturated heterocycles. The molecule has 0 spiro atoms. The zero-order chi connectivity index (χ0) is 29.2. The van der Waals surface area contributed by atoms with Gasteiger partial charge in [0.1, 0.15) is 10.6 Å². The predicted octanol–water partition coefficient (Wildman–Crippen LogP) is 7.50. The molecular weight excluding hydrogens is 563 g/mol. The number of nitrogens with one attached hydrogen (secondary N) is 1. The number of thiophene rings is 1. The molecule has 1 aromatic carbocycles. The van der Waals surface area contributed by atoms with Crippen molar-refractivity contribution in [2.45, 2.75) is 58.7 Å². The van der Waals surface area contributed by atoms with Gasteiger partial charge < -0.3 is 15.0 Å². The molecule has 0 bridgehead atoms. The van der Waals surface area contributed by atoms with Crippen molar-refractivity contribution >= 4 is 51.8 Å². The number of anilines is 2. The molecule has 1 saturated carbocycles. The SMILES string of the molecule is COC(=O)c1sc(-c2ccc(NC(=O)c3cscn3)c(C(F)(F)F)c2)cc1N(C(=O)[C@H]1CC[C@H](C)CC1)C(C)C. The van der Waals surface area contributed by atoms with E-state index in [0.717, 1.165) is 54.4 Å². The standard InChI is InChI=1S/C28H30F3N3O4S2/c1-15(2)34(26(36)17-7-5-16(3)6-8-17)22-12-23(40-24(22)27(37)38-4)18-9-10-20(19(11-18)28(29,30)31)33-25(35)21-13-39-14-32-21/h9-17H,5-8H2,1-4H3,(H,33,35)/t16-,17-. The Balaban J connectivity index is 1.74. The number of esters is 1. The lowest BCUT2D eigenvalue weighted by molar-refractivity contribution is -0.136. The van der Waals surface area contributed by atoms with Gasteiger partial charge in [-0.05, 0) is 69.2 Å². The number of halogens is 3. The summed E-state index contributed by atoms with van der Waals surface area (Å²) in [6.07, 6.45) is -1.41. The zero-order valence-corrected chi connectivity index (χ0v) is 24.1. The molecule has 2 amide bonds. The molecule has 1 fully saturated rings. The summed E-state index contributed by atoms with van der Waals surface area (Å²) in [5.74, 6) is -1.18. The molecule has 214 valence electrons. The number of aromatic nitrogens is 1. The Hall–Kier alpha value is -3.25. The van der Waals surface area contributed by atoms with Crippen molar-refractivity contribution in [3.8, 4) is 10.4 Å². The summed E-state index contributed by atoms with van der Waals surface area (Å²) in [6, 6.07) is 4.81. The van der Waals surface area contributed by atoms with Gasteiger partial charge in [0.25, 0.3) is 5.91 Å². The number of alkyl halides is 3. The van der Waals surface area contributed by atoms with Crippen molar-refractivity contribution in [2.75, 3.05) is 17.3 Å². The third-order valence-electron chi connectivity index (χ3n) is 6.98. The van der Waals surface area contributed by atoms with Crippen LogP contribution in [0.3, 0.4) is 0 Å². The molecule has 1 aliphatic carbocycles. The second-order valence-corrected chi connectivity index (χ2v) is 11.9. The van der Waals surface area contributed by atoms with Crippen LogP contribution in [0.5, 0.6) is 0 Å². The molecule has 4 rings (SSSR count). The second kappa shape index (κ2) is 12.1. The Morgan fingerprint density at radius 1 is 1.12 bits per heavy atom. The van der Waals surface area contributed by atoms with Crippen LogP contribution in [0.2, 0.25) is 0 Å². The minimum absolute atomic E-state index is 0.0127. The van der Waals surface area contributed by atoms with Crippen molar-refractivity contribution in [1.82, 2.24) is 4.98 Å². The average molecular weight is 594 g/mol. The molecule has 0 aliphatic heterocycles. The van der Waals surface area contributed by atoms with Crippen molar-refractivity contribution in [3.63, 3.8) is 0 Å². The van der Waals surface area contributed by atoms with Crippen LogP contribution < -0.4 is 10.2 Å². The van der Waals surface area contributed by atoms with E-state index in [-0.39, 0.29) is 34.0 Å². The van der Waals surface area contributed by atoms with E-state index in [0.29, 0.717) is 16.5 Å². The summed E-state index contributed by atoms with van der Waals surface area (Å²) in [5.41, 5.74) is 0.471. The van der Waals surface area contributed by atoms with Crippen LogP contribution in [-0.2, 0) is 15.7 Å². The molecule has 1 N–H and O–H groups in total. The lowest BCUT2D eigenvalue weighted by atomic mass is 9.82. The molecule has 1 aliphatic rings. The van der Waals surface area contributed by atoms with Crippen LogP contribution >= 0.6 is 22.7 Å². The van der Waals surface area contributed by atoms with Crippen molar-refractivity contribution in [1.29, 1.82) is 0 Å². The highest BCUT2D eigenvalue weighted by atomic mass is 32.1. The van der Waals surface area contributed by atoms with Crippen molar-refractivity contribution < 1.29 is 32.3 Å².